The summed E-state index contributed by atoms with van der Waals surface area (Å²) in [5, 5.41) is 3.33. The largest absolute Gasteiger partial charge is 0.373 e. The number of halogens is 1. The van der Waals surface area contributed by atoms with E-state index in [-0.39, 0.29) is 11.9 Å². The van der Waals surface area contributed by atoms with Gasteiger partial charge in [0.25, 0.3) is 5.91 Å². The van der Waals surface area contributed by atoms with Crippen LogP contribution in [0.4, 0.5) is 5.82 Å². The van der Waals surface area contributed by atoms with Gasteiger partial charge >= 0.3 is 0 Å². The smallest absolute Gasteiger partial charge is 0.274 e. The number of amides is 1. The van der Waals surface area contributed by atoms with Gasteiger partial charge in [-0.25, -0.2) is 4.98 Å². The molecule has 21 heavy (non-hydrogen) atoms. The average Bonchev–Trinajstić information content (AvgIpc) is 2.54. The summed E-state index contributed by atoms with van der Waals surface area (Å²) in [5.74, 6) is 0.545. The second-order valence-corrected chi connectivity index (χ2v) is 5.77. The van der Waals surface area contributed by atoms with Crippen LogP contribution in [-0.4, -0.2) is 60.5 Å². The van der Waals surface area contributed by atoms with Crippen molar-refractivity contribution in [1.29, 1.82) is 0 Å². The highest BCUT2D eigenvalue weighted by Crippen LogP contribution is 2.21. The van der Waals surface area contributed by atoms with E-state index in [1.165, 1.54) is 0 Å². The van der Waals surface area contributed by atoms with E-state index in [4.69, 9.17) is 11.6 Å². The fourth-order valence-electron chi connectivity index (χ4n) is 2.69. The Labute approximate surface area is 131 Å². The van der Waals surface area contributed by atoms with Crippen LogP contribution < -0.4 is 5.32 Å². The van der Waals surface area contributed by atoms with E-state index in [2.05, 4.69) is 22.1 Å². The van der Waals surface area contributed by atoms with E-state index in [1.807, 2.05) is 7.05 Å². The van der Waals surface area contributed by atoms with Gasteiger partial charge in [-0.2, -0.15) is 0 Å². The molecule has 0 unspecified atom stereocenters. The van der Waals surface area contributed by atoms with Gasteiger partial charge in [0.1, 0.15) is 11.5 Å². The Balaban J connectivity index is 2.09. The van der Waals surface area contributed by atoms with Gasteiger partial charge in [0, 0.05) is 33.2 Å². The number of hydrogen-bond acceptors (Lipinski definition) is 4. The van der Waals surface area contributed by atoms with Gasteiger partial charge in [-0.1, -0.05) is 18.5 Å². The number of rotatable bonds is 4. The molecule has 0 radical (unpaired) electrons. The number of hydrogen-bond donors (Lipinski definition) is 1. The minimum Gasteiger partial charge on any atom is -0.373 e. The lowest BCUT2D eigenvalue weighted by Gasteiger charge is -2.36. The number of pyridine rings is 1. The predicted molar refractivity (Wildman–Crippen MR) is 86.0 cm³/mol. The molecule has 6 heteroatoms. The molecular weight excluding hydrogens is 288 g/mol. The minimum absolute atomic E-state index is 0.105. The summed E-state index contributed by atoms with van der Waals surface area (Å²) < 4.78 is 0. The summed E-state index contributed by atoms with van der Waals surface area (Å²) in [6, 6.07) is 3.73. The monoisotopic (exact) mass is 310 g/mol. The lowest BCUT2D eigenvalue weighted by molar-refractivity contribution is 0.0641. The van der Waals surface area contributed by atoms with E-state index in [0.717, 1.165) is 32.5 Å². The van der Waals surface area contributed by atoms with Gasteiger partial charge < -0.3 is 15.1 Å². The Morgan fingerprint density at radius 1 is 1.48 bits per heavy atom. The highest BCUT2D eigenvalue weighted by Gasteiger charge is 2.27. The topological polar surface area (TPSA) is 48.5 Å². The SMILES string of the molecule is CCN1CCC(N(C)C(=O)c2nc(NC)ccc2Cl)CC1. The lowest BCUT2D eigenvalue weighted by atomic mass is 10.0. The molecule has 5 nitrogen and oxygen atoms in total. The summed E-state index contributed by atoms with van der Waals surface area (Å²) in [7, 11) is 3.62. The van der Waals surface area contributed by atoms with Gasteiger partial charge in [-0.3, -0.25) is 4.79 Å². The van der Waals surface area contributed by atoms with Crippen molar-refractivity contribution in [2.24, 2.45) is 0 Å². The predicted octanol–water partition coefficient (Wildman–Crippen LogP) is 2.33. The van der Waals surface area contributed by atoms with Crippen molar-refractivity contribution in [2.45, 2.75) is 25.8 Å². The average molecular weight is 311 g/mol. The van der Waals surface area contributed by atoms with E-state index in [9.17, 15) is 4.79 Å². The fraction of sp³-hybridized carbons (Fsp3) is 0.600. The van der Waals surface area contributed by atoms with Crippen LogP contribution in [0.2, 0.25) is 5.02 Å². The molecule has 1 aromatic heterocycles. The van der Waals surface area contributed by atoms with Crippen molar-refractivity contribution >= 4 is 23.3 Å². The van der Waals surface area contributed by atoms with Crippen LogP contribution in [0.3, 0.4) is 0 Å². The van der Waals surface area contributed by atoms with Crippen molar-refractivity contribution in [3.8, 4) is 0 Å². The maximum atomic E-state index is 12.6. The molecule has 0 bridgehead atoms. The van der Waals surface area contributed by atoms with Gasteiger partial charge in [-0.05, 0) is 31.5 Å². The molecule has 1 saturated heterocycles. The zero-order valence-corrected chi connectivity index (χ0v) is 13.7. The zero-order chi connectivity index (χ0) is 15.4. The second-order valence-electron chi connectivity index (χ2n) is 5.36. The number of anilines is 1. The Hall–Kier alpha value is -1.33. The summed E-state index contributed by atoms with van der Waals surface area (Å²) >= 11 is 6.13. The Morgan fingerprint density at radius 2 is 2.14 bits per heavy atom. The van der Waals surface area contributed by atoms with Crippen molar-refractivity contribution in [2.75, 3.05) is 39.0 Å². The molecule has 1 aliphatic heterocycles. The normalized spacial score (nSPS) is 16.8. The number of piperidine rings is 1. The van der Waals surface area contributed by atoms with Gasteiger partial charge in [0.2, 0.25) is 0 Å². The van der Waals surface area contributed by atoms with Crippen molar-refractivity contribution in [1.82, 2.24) is 14.8 Å². The Bertz CT molecular complexity index is 500. The van der Waals surface area contributed by atoms with E-state index in [0.29, 0.717) is 16.5 Å². The first-order valence-electron chi connectivity index (χ1n) is 7.40. The van der Waals surface area contributed by atoms with Crippen molar-refractivity contribution < 1.29 is 4.79 Å². The zero-order valence-electron chi connectivity index (χ0n) is 12.9. The van der Waals surface area contributed by atoms with Gasteiger partial charge in [-0.15, -0.1) is 0 Å². The molecule has 1 N–H and O–H groups in total. The fourth-order valence-corrected chi connectivity index (χ4v) is 2.87. The van der Waals surface area contributed by atoms with Crippen LogP contribution >= 0.6 is 11.6 Å². The molecule has 1 aromatic rings. The number of nitrogens with zero attached hydrogens (tertiary/aromatic N) is 3. The molecule has 1 fully saturated rings. The standard InChI is InChI=1S/C15H23ClN4O/c1-4-20-9-7-11(8-10-20)19(3)15(21)14-12(16)5-6-13(17-2)18-14/h5-6,11H,4,7-10H2,1-3H3,(H,17,18). The first-order valence-corrected chi connectivity index (χ1v) is 7.78. The maximum Gasteiger partial charge on any atom is 0.274 e. The van der Waals surface area contributed by atoms with Crippen LogP contribution in [0.25, 0.3) is 0 Å². The van der Waals surface area contributed by atoms with Gasteiger partial charge in [0.15, 0.2) is 0 Å². The highest BCUT2D eigenvalue weighted by molar-refractivity contribution is 6.33. The second kappa shape index (κ2) is 7.09. The van der Waals surface area contributed by atoms with Crippen LogP contribution in [0, 0.1) is 0 Å². The highest BCUT2D eigenvalue weighted by atomic mass is 35.5. The summed E-state index contributed by atoms with van der Waals surface area (Å²) in [5.41, 5.74) is 0.323. The summed E-state index contributed by atoms with van der Waals surface area (Å²) in [4.78, 5) is 21.1. The molecule has 0 saturated carbocycles. The first-order chi connectivity index (χ1) is 10.1. The molecule has 2 heterocycles. The first kappa shape index (κ1) is 16.0. The number of carbonyl (C=O) groups excluding carboxylic acids is 1. The molecule has 0 aliphatic carbocycles. The quantitative estimate of drug-likeness (QED) is 0.927. The van der Waals surface area contributed by atoms with Gasteiger partial charge in [0.05, 0.1) is 5.02 Å². The number of likely N-dealkylation sites (tertiary alicyclic amines) is 1. The molecule has 1 aliphatic rings. The molecule has 2 rings (SSSR count). The van der Waals surface area contributed by atoms with Crippen LogP contribution in [0.15, 0.2) is 12.1 Å². The van der Waals surface area contributed by atoms with Crippen molar-refractivity contribution in [3.63, 3.8) is 0 Å². The Morgan fingerprint density at radius 3 is 2.71 bits per heavy atom. The molecule has 0 atom stereocenters. The van der Waals surface area contributed by atoms with Crippen LogP contribution in [0.1, 0.15) is 30.3 Å². The van der Waals surface area contributed by atoms with Crippen molar-refractivity contribution in [3.05, 3.63) is 22.8 Å². The third-order valence-electron chi connectivity index (χ3n) is 4.18. The third kappa shape index (κ3) is 3.66. The van der Waals surface area contributed by atoms with Crippen LogP contribution in [-0.2, 0) is 0 Å². The minimum atomic E-state index is -0.105. The van der Waals surface area contributed by atoms with E-state index < -0.39 is 0 Å². The van der Waals surface area contributed by atoms with Crippen LogP contribution in [0.5, 0.6) is 0 Å². The maximum absolute atomic E-state index is 12.6. The van der Waals surface area contributed by atoms with E-state index in [1.54, 1.807) is 24.1 Å². The molecular formula is C15H23ClN4O. The number of aromatic nitrogens is 1. The molecule has 1 amide bonds. The number of nitrogens with one attached hydrogen (secondary N) is 1. The molecule has 116 valence electrons. The Kier molecular flexibility index (Phi) is 5.42. The molecule has 0 aromatic carbocycles. The number of carbonyl (C=O) groups is 1. The lowest BCUT2D eigenvalue weighted by Crippen LogP contribution is -2.45. The summed E-state index contributed by atoms with van der Waals surface area (Å²) in [6.45, 7) is 5.32. The van der Waals surface area contributed by atoms with E-state index >= 15 is 0 Å². The summed E-state index contributed by atoms with van der Waals surface area (Å²) in [6.07, 6.45) is 2.00. The molecule has 0 spiro atoms. The third-order valence-corrected chi connectivity index (χ3v) is 4.48.